The first-order chi connectivity index (χ1) is 14.9. The number of rotatable bonds is 7. The summed E-state index contributed by atoms with van der Waals surface area (Å²) < 4.78 is 1.85. The zero-order chi connectivity index (χ0) is 22.4. The summed E-state index contributed by atoms with van der Waals surface area (Å²) in [5, 5.41) is 17.6. The highest BCUT2D eigenvalue weighted by atomic mass is 79.9. The van der Waals surface area contributed by atoms with Gasteiger partial charge in [-0.3, -0.25) is 10.1 Å². The predicted octanol–water partition coefficient (Wildman–Crippen LogP) is 5.91. The van der Waals surface area contributed by atoms with Crippen molar-refractivity contribution in [2.24, 2.45) is 5.92 Å². The number of carbonyl (C=O) groups excluding carboxylic acids is 2. The Bertz CT molecular complexity index is 1060. The number of aromatic nitrogens is 2. The molecule has 0 fully saturated rings. The SMILES string of the molecule is CC[C@@H](C)[C@@H](NC(=O)Nc1ccc(Br)cc1)C(=O)Nc1nnc(-c2cccc(Br)c2)s1. The molecule has 2 aromatic carbocycles. The number of nitrogens with zero attached hydrogens (tertiary/aromatic N) is 2. The highest BCUT2D eigenvalue weighted by molar-refractivity contribution is 9.10. The van der Waals surface area contributed by atoms with Crippen LogP contribution in [0.2, 0.25) is 0 Å². The molecule has 3 amide bonds. The van der Waals surface area contributed by atoms with E-state index in [4.69, 9.17) is 0 Å². The number of anilines is 2. The molecule has 1 aromatic heterocycles. The van der Waals surface area contributed by atoms with E-state index in [0.29, 0.717) is 15.8 Å². The van der Waals surface area contributed by atoms with Gasteiger partial charge in [-0.2, -0.15) is 0 Å². The average molecular weight is 567 g/mol. The molecule has 3 N–H and O–H groups in total. The molecule has 162 valence electrons. The van der Waals surface area contributed by atoms with Crippen molar-refractivity contribution in [3.05, 3.63) is 57.5 Å². The fourth-order valence-electron chi connectivity index (χ4n) is 2.74. The normalized spacial score (nSPS) is 12.6. The molecule has 0 aliphatic rings. The van der Waals surface area contributed by atoms with Crippen molar-refractivity contribution >= 4 is 66.0 Å². The maximum Gasteiger partial charge on any atom is 0.319 e. The van der Waals surface area contributed by atoms with Crippen LogP contribution in [0.3, 0.4) is 0 Å². The first-order valence-electron chi connectivity index (χ1n) is 9.59. The third-order valence-electron chi connectivity index (χ3n) is 4.61. The molecule has 0 radical (unpaired) electrons. The van der Waals surface area contributed by atoms with Crippen LogP contribution in [0.4, 0.5) is 15.6 Å². The Morgan fingerprint density at radius 1 is 1.03 bits per heavy atom. The third-order valence-corrected chi connectivity index (χ3v) is 6.52. The highest BCUT2D eigenvalue weighted by Crippen LogP contribution is 2.28. The van der Waals surface area contributed by atoms with Gasteiger partial charge in [0, 0.05) is 20.2 Å². The largest absolute Gasteiger partial charge is 0.326 e. The van der Waals surface area contributed by atoms with Gasteiger partial charge in [0.1, 0.15) is 11.0 Å². The van der Waals surface area contributed by atoms with Gasteiger partial charge < -0.3 is 10.6 Å². The number of carbonyl (C=O) groups is 2. The van der Waals surface area contributed by atoms with Crippen molar-refractivity contribution in [2.45, 2.75) is 26.3 Å². The predicted molar refractivity (Wildman–Crippen MR) is 131 cm³/mol. The van der Waals surface area contributed by atoms with Crippen LogP contribution in [0.1, 0.15) is 20.3 Å². The van der Waals surface area contributed by atoms with Gasteiger partial charge in [-0.05, 0) is 42.3 Å². The van der Waals surface area contributed by atoms with Gasteiger partial charge in [0.05, 0.1) is 0 Å². The number of halogens is 2. The van der Waals surface area contributed by atoms with E-state index in [2.05, 4.69) is 58.0 Å². The Kier molecular flexibility index (Phi) is 8.16. The lowest BCUT2D eigenvalue weighted by Crippen LogP contribution is -2.49. The monoisotopic (exact) mass is 565 g/mol. The van der Waals surface area contributed by atoms with E-state index in [0.717, 1.165) is 20.9 Å². The van der Waals surface area contributed by atoms with Crippen molar-refractivity contribution < 1.29 is 9.59 Å². The quantitative estimate of drug-likeness (QED) is 0.331. The summed E-state index contributed by atoms with van der Waals surface area (Å²) >= 11 is 8.07. The first-order valence-corrected chi connectivity index (χ1v) is 12.0. The van der Waals surface area contributed by atoms with Crippen molar-refractivity contribution in [1.29, 1.82) is 0 Å². The standard InChI is InChI=1S/C21H21Br2N5O2S/c1-3-12(2)17(25-20(30)24-16-9-7-14(22)8-10-16)18(29)26-21-28-27-19(31-21)13-5-4-6-15(23)11-13/h4-12,17H,3H2,1-2H3,(H2,24,25,30)(H,26,28,29)/t12-,17-/m1/s1. The minimum absolute atomic E-state index is 0.0758. The molecule has 0 unspecified atom stereocenters. The van der Waals surface area contributed by atoms with Crippen molar-refractivity contribution in [1.82, 2.24) is 15.5 Å². The van der Waals surface area contributed by atoms with Gasteiger partial charge in [0.2, 0.25) is 11.0 Å². The maximum absolute atomic E-state index is 12.9. The highest BCUT2D eigenvalue weighted by Gasteiger charge is 2.27. The van der Waals surface area contributed by atoms with Gasteiger partial charge in [0.25, 0.3) is 0 Å². The zero-order valence-electron chi connectivity index (χ0n) is 16.9. The summed E-state index contributed by atoms with van der Waals surface area (Å²) in [6.45, 7) is 3.88. The van der Waals surface area contributed by atoms with Crippen molar-refractivity contribution in [3.8, 4) is 10.6 Å². The van der Waals surface area contributed by atoms with E-state index in [1.807, 2.05) is 50.2 Å². The number of hydrogen-bond donors (Lipinski definition) is 3. The van der Waals surface area contributed by atoms with Crippen LogP contribution in [0, 0.1) is 5.92 Å². The molecule has 0 spiro atoms. The summed E-state index contributed by atoms with van der Waals surface area (Å²) in [6.07, 6.45) is 0.718. The summed E-state index contributed by atoms with van der Waals surface area (Å²) in [7, 11) is 0. The van der Waals surface area contributed by atoms with Crippen LogP contribution in [-0.4, -0.2) is 28.2 Å². The second kappa shape index (κ2) is 10.8. The van der Waals surface area contributed by atoms with Gasteiger partial charge in [-0.25, -0.2) is 4.79 Å². The number of hydrogen-bond acceptors (Lipinski definition) is 5. The zero-order valence-corrected chi connectivity index (χ0v) is 20.8. The molecule has 0 aliphatic heterocycles. The summed E-state index contributed by atoms with van der Waals surface area (Å²) in [6, 6.07) is 13.7. The summed E-state index contributed by atoms with van der Waals surface area (Å²) in [5.41, 5.74) is 1.53. The van der Waals surface area contributed by atoms with Crippen LogP contribution in [-0.2, 0) is 4.79 Å². The van der Waals surface area contributed by atoms with Gasteiger partial charge in [-0.1, -0.05) is 75.6 Å². The van der Waals surface area contributed by atoms with E-state index in [9.17, 15) is 9.59 Å². The first kappa shape index (κ1) is 23.4. The molecule has 1 heterocycles. The molecule has 0 saturated carbocycles. The second-order valence-electron chi connectivity index (χ2n) is 6.88. The average Bonchev–Trinajstić information content (AvgIpc) is 3.21. The fourth-order valence-corrected chi connectivity index (χ4v) is 4.15. The molecule has 0 bridgehead atoms. The molecule has 0 saturated heterocycles. The number of amides is 3. The van der Waals surface area contributed by atoms with E-state index in [-0.39, 0.29) is 11.8 Å². The molecule has 7 nitrogen and oxygen atoms in total. The van der Waals surface area contributed by atoms with Crippen LogP contribution in [0.25, 0.3) is 10.6 Å². The minimum Gasteiger partial charge on any atom is -0.326 e. The molecule has 2 atom stereocenters. The molecule has 3 aromatic rings. The van der Waals surface area contributed by atoms with Crippen LogP contribution < -0.4 is 16.0 Å². The van der Waals surface area contributed by atoms with E-state index >= 15 is 0 Å². The lowest BCUT2D eigenvalue weighted by molar-refractivity contribution is -0.119. The second-order valence-corrected chi connectivity index (χ2v) is 9.69. The van der Waals surface area contributed by atoms with Crippen molar-refractivity contribution in [2.75, 3.05) is 10.6 Å². The Labute approximate surface area is 201 Å². The Hall–Kier alpha value is -2.30. The molecular weight excluding hydrogens is 546 g/mol. The van der Waals surface area contributed by atoms with Gasteiger partial charge in [0.15, 0.2) is 0 Å². The number of urea groups is 1. The van der Waals surface area contributed by atoms with E-state index in [1.165, 1.54) is 11.3 Å². The fraction of sp³-hybridized carbons (Fsp3) is 0.238. The molecule has 3 rings (SSSR count). The van der Waals surface area contributed by atoms with Gasteiger partial charge >= 0.3 is 6.03 Å². The maximum atomic E-state index is 12.9. The third kappa shape index (κ3) is 6.59. The summed E-state index contributed by atoms with van der Waals surface area (Å²) in [5.74, 6) is -0.412. The lowest BCUT2D eigenvalue weighted by Gasteiger charge is -2.23. The molecular formula is C21H21Br2N5O2S. The molecule has 10 heteroatoms. The number of benzene rings is 2. The van der Waals surface area contributed by atoms with E-state index < -0.39 is 12.1 Å². The Morgan fingerprint density at radius 2 is 1.77 bits per heavy atom. The van der Waals surface area contributed by atoms with Crippen LogP contribution in [0.5, 0.6) is 0 Å². The van der Waals surface area contributed by atoms with Crippen LogP contribution >= 0.6 is 43.2 Å². The molecule has 0 aliphatic carbocycles. The smallest absolute Gasteiger partial charge is 0.319 e. The summed E-state index contributed by atoms with van der Waals surface area (Å²) in [4.78, 5) is 25.4. The number of nitrogens with one attached hydrogen (secondary N) is 3. The lowest BCUT2D eigenvalue weighted by atomic mass is 9.98. The topological polar surface area (TPSA) is 96.0 Å². The van der Waals surface area contributed by atoms with Gasteiger partial charge in [-0.15, -0.1) is 10.2 Å². The molecule has 31 heavy (non-hydrogen) atoms. The van der Waals surface area contributed by atoms with Crippen molar-refractivity contribution in [3.63, 3.8) is 0 Å². The van der Waals surface area contributed by atoms with Crippen LogP contribution in [0.15, 0.2) is 57.5 Å². The Morgan fingerprint density at radius 3 is 2.45 bits per heavy atom. The Balaban J connectivity index is 1.67. The van der Waals surface area contributed by atoms with E-state index in [1.54, 1.807) is 12.1 Å². The minimum atomic E-state index is -0.723.